The maximum atomic E-state index is 11.8. The predicted molar refractivity (Wildman–Crippen MR) is 370 cm³/mol. The molecule has 0 bridgehead atoms. The first-order chi connectivity index (χ1) is 49.5. The summed E-state index contributed by atoms with van der Waals surface area (Å²) in [7, 11) is 0. The van der Waals surface area contributed by atoms with Gasteiger partial charge in [-0.3, -0.25) is 14.4 Å². The first-order valence-electron chi connectivity index (χ1n) is 30.2. The van der Waals surface area contributed by atoms with E-state index in [1.807, 2.05) is 12.5 Å². The molecule has 0 saturated heterocycles. The van der Waals surface area contributed by atoms with Gasteiger partial charge in [0, 0.05) is 36.5 Å². The van der Waals surface area contributed by atoms with Gasteiger partial charge in [-0.2, -0.15) is 61.4 Å². The van der Waals surface area contributed by atoms with E-state index in [9.17, 15) is 109 Å². The first kappa shape index (κ1) is 98.9. The van der Waals surface area contributed by atoms with Gasteiger partial charge in [0.1, 0.15) is 61.0 Å². The highest BCUT2D eigenvalue weighted by Gasteiger charge is 2.24. The number of aryl methyl sites for hydroxylation is 1. The predicted octanol–water partition coefficient (Wildman–Crippen LogP) is 3.02. The Morgan fingerprint density at radius 1 is 0.419 bits per heavy atom. The number of carboxylic acid groups (broad SMARTS) is 5. The zero-order chi connectivity index (χ0) is 80.2. The lowest BCUT2D eigenvalue weighted by molar-refractivity contribution is -0.790. The van der Waals surface area contributed by atoms with Crippen LogP contribution < -0.4 is 36.1 Å². The second kappa shape index (κ2) is 61.2. The number of hydrogen-bond donors (Lipinski definition) is 13. The highest BCUT2D eigenvalue weighted by Crippen LogP contribution is 2.17. The molecular formula is C54H81N11O35S5. The zero-order valence-electron chi connectivity index (χ0n) is 55.9. The van der Waals surface area contributed by atoms with Gasteiger partial charge in [0.15, 0.2) is 0 Å². The Kier molecular flexibility index (Phi) is 57.6. The molecule has 46 nitrogen and oxygen atoms in total. The van der Waals surface area contributed by atoms with Crippen LogP contribution in [0.2, 0.25) is 0 Å². The van der Waals surface area contributed by atoms with Crippen LogP contribution in [0, 0.1) is 60.7 Å². The summed E-state index contributed by atoms with van der Waals surface area (Å²) in [6, 6.07) is 7.80. The number of thiol groups is 3. The Labute approximate surface area is 619 Å². The zero-order valence-corrected chi connectivity index (χ0v) is 60.2. The van der Waals surface area contributed by atoms with E-state index in [0.29, 0.717) is 55.6 Å². The van der Waals surface area contributed by atoms with Crippen molar-refractivity contribution >= 4 is 121 Å². The summed E-state index contributed by atoms with van der Waals surface area (Å²) in [5.41, 5.74) is 1.49. The number of carboxylic acids is 5. The van der Waals surface area contributed by atoms with Crippen molar-refractivity contribution in [1.82, 2.24) is 26.6 Å². The highest BCUT2D eigenvalue weighted by atomic mass is 32.2. The van der Waals surface area contributed by atoms with Gasteiger partial charge in [0.2, 0.25) is 17.7 Å². The average molecular weight is 1600 g/mol. The summed E-state index contributed by atoms with van der Waals surface area (Å²) in [5.74, 6) is -5.69. The normalized spacial score (nSPS) is 11.7. The third-order valence-corrected chi connectivity index (χ3v) is 14.4. The average Bonchev–Trinajstić information content (AvgIpc) is 0.894. The number of carbonyl (C=O) groups is 10. The monoisotopic (exact) mass is 1600 g/mol. The van der Waals surface area contributed by atoms with E-state index < -0.39 is 127 Å². The van der Waals surface area contributed by atoms with Crippen LogP contribution in [0.15, 0.2) is 48.5 Å². The van der Waals surface area contributed by atoms with Gasteiger partial charge in [-0.25, -0.2) is 33.6 Å². The summed E-state index contributed by atoms with van der Waals surface area (Å²) >= 11 is 14.3. The lowest BCUT2D eigenvalue weighted by atomic mass is 10.1. The van der Waals surface area contributed by atoms with E-state index in [1.165, 1.54) is 35.7 Å². The van der Waals surface area contributed by atoms with Gasteiger partial charge in [0.05, 0.1) is 19.8 Å². The standard InChI is InChI=1S/C15H20N2O7S.C14H18N2O7S.C9H15N3O9S.C9H16N2O6S.C7H12N2O6S/c1-25-9-7-13(14(18)19)16-15(20)24-12-6-2-4-11(10-12)5-3-8-23-17(21)22;1-24-8-6-12(13(17)18)15-14(19)23-11-4-2-3-10(9-11)5-7-22-16(20)21;13-8(10-7(5-22)9(14)15)3-1-2-6(21-12(18)19)4-20-11(16)17;12-8(10-7(6-18)9(13)14)4-2-1-3-5-17-11(15)16;10-6(2-1-3-15-9(13)14)8-5(4-16)7(11)12/h2,4,6,10,13H,3,5,7-9H2,1H3,(H,16,20)(H,18,19);2-4,9,12H,5-8H2,1H3,(H,15,19)(H,17,18);6-7,22H,1-5H2,(H,10,13)(H,14,15);7,18H,1-6H2,(H,10,12)(H,13,14);5,16H,1-4H2,(H,8,10)(H,11,12). The van der Waals surface area contributed by atoms with Crippen molar-refractivity contribution in [2.24, 2.45) is 0 Å². The van der Waals surface area contributed by atoms with E-state index in [0.717, 1.165) is 5.56 Å². The van der Waals surface area contributed by atoms with Crippen LogP contribution in [-0.4, -0.2) is 226 Å². The Morgan fingerprint density at radius 2 is 0.771 bits per heavy atom. The third-order valence-electron chi connectivity index (χ3n) is 12.0. The van der Waals surface area contributed by atoms with Crippen molar-refractivity contribution in [3.05, 3.63) is 120 Å². The molecule has 0 saturated carbocycles. The van der Waals surface area contributed by atoms with Crippen LogP contribution in [0.25, 0.3) is 0 Å². The Bertz CT molecular complexity index is 3060. The van der Waals surface area contributed by atoms with Crippen molar-refractivity contribution in [1.29, 1.82) is 0 Å². The van der Waals surface area contributed by atoms with Gasteiger partial charge in [-0.15, -0.1) is 60.7 Å². The second-order valence-corrected chi connectivity index (χ2v) is 23.1. The molecule has 2 aromatic rings. The fraction of sp³-hybridized carbons (Fsp3) is 0.593. The van der Waals surface area contributed by atoms with Gasteiger partial charge < -0.3 is 90.6 Å². The summed E-state index contributed by atoms with van der Waals surface area (Å²) in [4.78, 5) is 196. The second-order valence-electron chi connectivity index (χ2n) is 20.0. The molecule has 0 heterocycles. The van der Waals surface area contributed by atoms with Crippen LogP contribution in [0.1, 0.15) is 88.2 Å². The quantitative estimate of drug-likeness (QED) is 0.0196. The molecule has 51 heteroatoms. The number of unbranched alkanes of at least 4 members (excludes halogenated alkanes) is 2. The number of thioether (sulfide) groups is 2. The lowest BCUT2D eigenvalue weighted by Gasteiger charge is -2.14. The number of amides is 5. The number of aliphatic carboxylic acids is 5. The van der Waals surface area contributed by atoms with Crippen molar-refractivity contribution in [3.8, 4) is 11.5 Å². The number of benzene rings is 2. The molecule has 0 radical (unpaired) electrons. The molecule has 10 N–H and O–H groups in total. The van der Waals surface area contributed by atoms with Crippen molar-refractivity contribution < 1.29 is 142 Å². The fourth-order valence-electron chi connectivity index (χ4n) is 7.08. The molecule has 2 rings (SSSR count). The maximum absolute atomic E-state index is 11.8. The van der Waals surface area contributed by atoms with E-state index in [2.05, 4.69) is 93.5 Å². The summed E-state index contributed by atoms with van der Waals surface area (Å²) in [6.07, 6.45) is 4.34. The van der Waals surface area contributed by atoms with E-state index in [1.54, 1.807) is 36.4 Å². The molecule has 2 aromatic carbocycles. The van der Waals surface area contributed by atoms with Gasteiger partial charge >= 0.3 is 42.0 Å². The molecule has 0 aliphatic rings. The van der Waals surface area contributed by atoms with Crippen molar-refractivity contribution in [3.63, 3.8) is 0 Å². The molecule has 5 amide bonds. The molecule has 592 valence electrons. The molecular weight excluding hydrogens is 1520 g/mol. The highest BCUT2D eigenvalue weighted by molar-refractivity contribution is 7.98. The Morgan fingerprint density at radius 3 is 1.13 bits per heavy atom. The first-order valence-corrected chi connectivity index (χ1v) is 34.9. The molecule has 0 aliphatic carbocycles. The minimum atomic E-state index is -1.24. The fourth-order valence-corrected chi connectivity index (χ4v) is 8.76. The largest absolute Gasteiger partial charge is 0.480 e. The molecule has 0 aromatic heterocycles. The number of rotatable bonds is 51. The Hall–Kier alpha value is -10.3. The van der Waals surface area contributed by atoms with Crippen LogP contribution in [0.3, 0.4) is 0 Å². The van der Waals surface area contributed by atoms with E-state index >= 15 is 0 Å². The topological polar surface area (TPSA) is 665 Å². The number of hydrogen-bond acceptors (Lipinski definition) is 35. The van der Waals surface area contributed by atoms with E-state index in [4.69, 9.17) is 35.0 Å². The third kappa shape index (κ3) is 58.8. The Balaban J connectivity index is -0.00000125. The number of carbonyl (C=O) groups excluding carboxylic acids is 5. The maximum Gasteiger partial charge on any atom is 0.413 e. The van der Waals surface area contributed by atoms with Crippen LogP contribution >= 0.6 is 61.4 Å². The molecule has 0 aliphatic heterocycles. The minimum absolute atomic E-state index is 0.00299. The van der Waals surface area contributed by atoms with Crippen molar-refractivity contribution in [2.75, 3.05) is 74.3 Å². The SMILES string of the molecule is CSCCC(NC(=O)Oc1cccc(CCCO[N+](=O)[O-])c1)C(=O)O.CSCCC(NC(=O)Oc1cccc(CCO[N+](=O)[O-])c1)C(=O)O.O=C(CCCC(CO[N+](=O)[O-])O[N+](=O)[O-])NC(CS)C(=O)O.O=C(CCCCCO[N+](=O)[O-])NC(CS)C(=O)O.O=C(CCCO[N+](=O)[O-])NC(CS)C(=O)O. The summed E-state index contributed by atoms with van der Waals surface area (Å²) in [6.45, 7) is -0.973. The number of nitrogens with one attached hydrogen (secondary N) is 5. The van der Waals surface area contributed by atoms with Gasteiger partial charge in [-0.1, -0.05) is 30.7 Å². The molecule has 6 unspecified atom stereocenters. The van der Waals surface area contributed by atoms with Crippen LogP contribution in [0.5, 0.6) is 11.5 Å². The van der Waals surface area contributed by atoms with Crippen LogP contribution in [0.4, 0.5) is 9.59 Å². The molecule has 6 atom stereocenters. The smallest absolute Gasteiger partial charge is 0.413 e. The molecule has 105 heavy (non-hydrogen) atoms. The van der Waals surface area contributed by atoms with E-state index in [-0.39, 0.29) is 112 Å². The van der Waals surface area contributed by atoms with Crippen molar-refractivity contribution in [2.45, 2.75) is 126 Å². The summed E-state index contributed by atoms with van der Waals surface area (Å²) in [5, 5.41) is 110. The molecule has 0 fully saturated rings. The number of nitrogens with zero attached hydrogens (tertiary/aromatic N) is 6. The number of ether oxygens (including phenoxy) is 2. The molecule has 0 spiro atoms. The van der Waals surface area contributed by atoms with Gasteiger partial charge in [-0.05, 0) is 124 Å². The van der Waals surface area contributed by atoms with Gasteiger partial charge in [0.25, 0.3) is 30.5 Å². The minimum Gasteiger partial charge on any atom is -0.480 e. The summed E-state index contributed by atoms with van der Waals surface area (Å²) < 4.78 is 10.1. The lowest BCUT2D eigenvalue weighted by Crippen LogP contribution is -2.42. The van der Waals surface area contributed by atoms with Crippen LogP contribution in [-0.2, 0) is 80.2 Å².